The minimum atomic E-state index is -0.163. The average molecular weight is 377 g/mol. The van der Waals surface area contributed by atoms with Crippen molar-refractivity contribution in [2.24, 2.45) is 0 Å². The summed E-state index contributed by atoms with van der Waals surface area (Å²) >= 11 is 0. The molecule has 0 unspecified atom stereocenters. The van der Waals surface area contributed by atoms with E-state index in [0.29, 0.717) is 18.0 Å². The smallest absolute Gasteiger partial charge is 0.244 e. The number of carbonyl (C=O) groups excluding carboxylic acids is 1. The number of hydrogen-bond donors (Lipinski definition) is 1. The Morgan fingerprint density at radius 1 is 1.07 bits per heavy atom. The van der Waals surface area contributed by atoms with Crippen LogP contribution in [-0.2, 0) is 17.9 Å². The van der Waals surface area contributed by atoms with Crippen LogP contribution in [0.5, 0.6) is 11.5 Å². The van der Waals surface area contributed by atoms with Gasteiger partial charge in [0.05, 0.1) is 20.5 Å². The molecule has 1 aromatic heterocycles. The number of carbonyl (C=O) groups is 1. The molecule has 3 rings (SSSR count). The van der Waals surface area contributed by atoms with Gasteiger partial charge in [0.1, 0.15) is 11.5 Å². The quantitative estimate of drug-likeness (QED) is 0.612. The Hall–Kier alpha value is -3.54. The van der Waals surface area contributed by atoms with Gasteiger partial charge < -0.3 is 19.4 Å². The Morgan fingerprint density at radius 3 is 2.36 bits per heavy atom. The topological polar surface area (TPSA) is 65.4 Å². The summed E-state index contributed by atoms with van der Waals surface area (Å²) in [5.74, 6) is 1.19. The van der Waals surface area contributed by atoms with Crippen LogP contribution in [0.25, 0.3) is 6.08 Å². The Kier molecular flexibility index (Phi) is 6.46. The van der Waals surface area contributed by atoms with Crippen molar-refractivity contribution in [3.05, 3.63) is 84.0 Å². The van der Waals surface area contributed by atoms with E-state index in [0.717, 1.165) is 17.7 Å². The van der Waals surface area contributed by atoms with Crippen molar-refractivity contribution in [1.82, 2.24) is 14.9 Å². The molecule has 1 heterocycles. The number of rotatable bonds is 8. The summed E-state index contributed by atoms with van der Waals surface area (Å²) in [5.41, 5.74) is 3.05. The molecule has 28 heavy (non-hydrogen) atoms. The molecule has 0 spiro atoms. The van der Waals surface area contributed by atoms with E-state index in [1.54, 1.807) is 38.9 Å². The molecular weight excluding hydrogens is 354 g/mol. The van der Waals surface area contributed by atoms with E-state index in [1.807, 2.05) is 35.0 Å². The molecule has 0 saturated heterocycles. The average Bonchev–Trinajstić information content (AvgIpc) is 3.24. The molecular formula is C22H23N3O3. The van der Waals surface area contributed by atoms with Gasteiger partial charge in [-0.05, 0) is 34.9 Å². The highest BCUT2D eigenvalue weighted by Gasteiger charge is 2.02. The minimum absolute atomic E-state index is 0.163. The fourth-order valence-electron chi connectivity index (χ4n) is 2.70. The first-order chi connectivity index (χ1) is 13.7. The van der Waals surface area contributed by atoms with E-state index in [-0.39, 0.29) is 5.91 Å². The molecule has 3 aromatic rings. The highest BCUT2D eigenvalue weighted by atomic mass is 16.5. The fraction of sp³-hybridized carbons (Fsp3) is 0.182. The van der Waals surface area contributed by atoms with Crippen molar-refractivity contribution in [2.75, 3.05) is 14.2 Å². The number of imidazole rings is 1. The van der Waals surface area contributed by atoms with Gasteiger partial charge >= 0.3 is 0 Å². The van der Waals surface area contributed by atoms with Crippen LogP contribution in [0, 0.1) is 0 Å². The van der Waals surface area contributed by atoms with Crippen LogP contribution in [0.2, 0.25) is 0 Å². The zero-order valence-electron chi connectivity index (χ0n) is 16.0. The molecule has 0 saturated carbocycles. The lowest BCUT2D eigenvalue weighted by atomic mass is 10.1. The SMILES string of the molecule is COc1cc(/C=C/C(=O)NCc2ccc(Cn3ccnc3)cc2)cc(OC)c1. The lowest BCUT2D eigenvalue weighted by molar-refractivity contribution is -0.116. The van der Waals surface area contributed by atoms with Crippen molar-refractivity contribution in [3.8, 4) is 11.5 Å². The predicted molar refractivity (Wildman–Crippen MR) is 108 cm³/mol. The molecule has 0 aliphatic heterocycles. The Balaban J connectivity index is 1.53. The zero-order chi connectivity index (χ0) is 19.8. The summed E-state index contributed by atoms with van der Waals surface area (Å²) in [6.07, 6.45) is 8.71. The van der Waals surface area contributed by atoms with Crippen molar-refractivity contribution < 1.29 is 14.3 Å². The molecule has 1 N–H and O–H groups in total. The van der Waals surface area contributed by atoms with Gasteiger partial charge in [-0.25, -0.2) is 4.98 Å². The fourth-order valence-corrected chi connectivity index (χ4v) is 2.70. The molecule has 6 heteroatoms. The number of methoxy groups -OCH3 is 2. The molecule has 1 amide bonds. The third-order valence-corrected chi connectivity index (χ3v) is 4.21. The summed E-state index contributed by atoms with van der Waals surface area (Å²) in [5, 5.41) is 2.89. The molecule has 0 aliphatic carbocycles. The molecule has 144 valence electrons. The summed E-state index contributed by atoms with van der Waals surface area (Å²) in [7, 11) is 3.19. The highest BCUT2D eigenvalue weighted by molar-refractivity contribution is 5.91. The van der Waals surface area contributed by atoms with Gasteiger partial charge in [0.2, 0.25) is 5.91 Å². The van der Waals surface area contributed by atoms with Crippen LogP contribution < -0.4 is 14.8 Å². The summed E-state index contributed by atoms with van der Waals surface area (Å²) in [4.78, 5) is 16.1. The number of aromatic nitrogens is 2. The van der Waals surface area contributed by atoms with Crippen molar-refractivity contribution >= 4 is 12.0 Å². The standard InChI is InChI=1S/C22H23N3O3/c1-27-20-11-19(12-21(13-20)28-2)7-8-22(26)24-14-17-3-5-18(6-4-17)15-25-10-9-23-16-25/h3-13,16H,14-15H2,1-2H3,(H,24,26)/b8-7+. The maximum atomic E-state index is 12.1. The molecule has 6 nitrogen and oxygen atoms in total. The largest absolute Gasteiger partial charge is 0.497 e. The third-order valence-electron chi connectivity index (χ3n) is 4.21. The van der Waals surface area contributed by atoms with E-state index < -0.39 is 0 Å². The maximum Gasteiger partial charge on any atom is 0.244 e. The second-order valence-corrected chi connectivity index (χ2v) is 6.25. The predicted octanol–water partition coefficient (Wildman–Crippen LogP) is 3.28. The molecule has 0 atom stereocenters. The number of amides is 1. The van der Waals surface area contributed by atoms with E-state index in [4.69, 9.17) is 9.47 Å². The normalized spacial score (nSPS) is 10.8. The van der Waals surface area contributed by atoms with Gasteiger partial charge in [0.25, 0.3) is 0 Å². The van der Waals surface area contributed by atoms with Gasteiger partial charge in [-0.1, -0.05) is 24.3 Å². The van der Waals surface area contributed by atoms with Crippen LogP contribution in [0.15, 0.2) is 67.3 Å². The molecule has 0 radical (unpaired) electrons. The highest BCUT2D eigenvalue weighted by Crippen LogP contribution is 2.23. The second kappa shape index (κ2) is 9.41. The van der Waals surface area contributed by atoms with E-state index >= 15 is 0 Å². The molecule has 0 aliphatic rings. The van der Waals surface area contributed by atoms with Crippen LogP contribution in [0.4, 0.5) is 0 Å². The number of nitrogens with one attached hydrogen (secondary N) is 1. The first-order valence-corrected chi connectivity index (χ1v) is 8.89. The summed E-state index contributed by atoms with van der Waals surface area (Å²) in [6, 6.07) is 13.6. The van der Waals surface area contributed by atoms with Crippen LogP contribution in [0.3, 0.4) is 0 Å². The van der Waals surface area contributed by atoms with E-state index in [9.17, 15) is 4.79 Å². The molecule has 0 bridgehead atoms. The first-order valence-electron chi connectivity index (χ1n) is 8.89. The lowest BCUT2D eigenvalue weighted by Gasteiger charge is -2.07. The van der Waals surface area contributed by atoms with Crippen LogP contribution in [-0.4, -0.2) is 29.7 Å². The minimum Gasteiger partial charge on any atom is -0.497 e. The number of benzene rings is 2. The van der Waals surface area contributed by atoms with Gasteiger partial charge in [0, 0.05) is 37.6 Å². The number of ether oxygens (including phenoxy) is 2. The monoisotopic (exact) mass is 377 g/mol. The Bertz CT molecular complexity index is 910. The van der Waals surface area contributed by atoms with E-state index in [2.05, 4.69) is 22.4 Å². The zero-order valence-corrected chi connectivity index (χ0v) is 16.0. The van der Waals surface area contributed by atoms with Crippen molar-refractivity contribution in [3.63, 3.8) is 0 Å². The molecule has 0 fully saturated rings. The van der Waals surface area contributed by atoms with Gasteiger partial charge in [-0.15, -0.1) is 0 Å². The third kappa shape index (κ3) is 5.48. The van der Waals surface area contributed by atoms with Gasteiger partial charge in [-0.2, -0.15) is 0 Å². The second-order valence-electron chi connectivity index (χ2n) is 6.25. The number of nitrogens with zero attached hydrogens (tertiary/aromatic N) is 2. The Morgan fingerprint density at radius 2 is 1.75 bits per heavy atom. The number of hydrogen-bond acceptors (Lipinski definition) is 4. The summed E-state index contributed by atoms with van der Waals surface area (Å²) < 4.78 is 12.5. The van der Waals surface area contributed by atoms with E-state index in [1.165, 1.54) is 11.6 Å². The maximum absolute atomic E-state index is 12.1. The van der Waals surface area contributed by atoms with Crippen LogP contribution in [0.1, 0.15) is 16.7 Å². The van der Waals surface area contributed by atoms with Gasteiger partial charge in [-0.3, -0.25) is 4.79 Å². The first kappa shape index (κ1) is 19.2. The van der Waals surface area contributed by atoms with Crippen LogP contribution >= 0.6 is 0 Å². The van der Waals surface area contributed by atoms with Crippen molar-refractivity contribution in [1.29, 1.82) is 0 Å². The van der Waals surface area contributed by atoms with Gasteiger partial charge in [0.15, 0.2) is 0 Å². The van der Waals surface area contributed by atoms with Crippen molar-refractivity contribution in [2.45, 2.75) is 13.1 Å². The summed E-state index contributed by atoms with van der Waals surface area (Å²) in [6.45, 7) is 1.25. The Labute approximate surface area is 164 Å². The molecule has 2 aromatic carbocycles. The lowest BCUT2D eigenvalue weighted by Crippen LogP contribution is -2.20.